The normalized spacial score (nSPS) is 10.5. The van der Waals surface area contributed by atoms with E-state index >= 15 is 0 Å². The number of hydrogen-bond acceptors (Lipinski definition) is 7. The molecule has 0 saturated carbocycles. The van der Waals surface area contributed by atoms with Crippen molar-refractivity contribution >= 4 is 11.5 Å². The number of nitrogens with zero attached hydrogens (tertiary/aromatic N) is 4. The number of nitrogen functional groups attached to an aromatic ring is 1. The monoisotopic (exact) mass is 283 g/mol. The summed E-state index contributed by atoms with van der Waals surface area (Å²) in [5.74, 6) is 0.593. The van der Waals surface area contributed by atoms with Crippen molar-refractivity contribution in [1.29, 1.82) is 0 Å². The number of benzene rings is 1. The Labute approximate surface area is 118 Å². The Kier molecular flexibility index (Phi) is 3.03. The van der Waals surface area contributed by atoms with Gasteiger partial charge in [0.15, 0.2) is 0 Å². The molecule has 104 valence electrons. The quantitative estimate of drug-likeness (QED) is 0.578. The molecule has 3 rings (SSSR count). The zero-order chi connectivity index (χ0) is 14.8. The van der Waals surface area contributed by atoms with Crippen LogP contribution < -0.4 is 5.73 Å². The highest BCUT2D eigenvalue weighted by atomic mass is 16.6. The predicted octanol–water partition coefficient (Wildman–Crippen LogP) is 2.29. The van der Waals surface area contributed by atoms with Gasteiger partial charge in [-0.3, -0.25) is 10.1 Å². The lowest BCUT2D eigenvalue weighted by Crippen LogP contribution is -1.93. The van der Waals surface area contributed by atoms with Crippen molar-refractivity contribution in [1.82, 2.24) is 15.1 Å². The van der Waals surface area contributed by atoms with Crippen molar-refractivity contribution in [2.24, 2.45) is 0 Å². The van der Waals surface area contributed by atoms with Gasteiger partial charge < -0.3 is 10.3 Å². The van der Waals surface area contributed by atoms with E-state index in [1.54, 1.807) is 36.4 Å². The molecule has 0 fully saturated rings. The van der Waals surface area contributed by atoms with Crippen molar-refractivity contribution in [3.05, 3.63) is 52.6 Å². The van der Waals surface area contributed by atoms with E-state index in [4.69, 9.17) is 10.3 Å². The predicted molar refractivity (Wildman–Crippen MR) is 74.0 cm³/mol. The standard InChI is InChI=1S/C13H9N5O3/c14-11-7-3-5-9(15-11)13-16-12(17-21-13)8-4-1-2-6-10(8)18(19)20/h1-7H,(H2,14,15). The molecule has 2 N–H and O–H groups in total. The van der Waals surface area contributed by atoms with Crippen LogP contribution in [0.4, 0.5) is 11.5 Å². The van der Waals surface area contributed by atoms with Crippen molar-refractivity contribution in [3.8, 4) is 23.0 Å². The first kappa shape index (κ1) is 12.7. The summed E-state index contributed by atoms with van der Waals surface area (Å²) in [6.07, 6.45) is 0. The second-order valence-electron chi connectivity index (χ2n) is 4.15. The molecule has 21 heavy (non-hydrogen) atoms. The third-order valence-electron chi connectivity index (χ3n) is 2.76. The third kappa shape index (κ3) is 2.41. The van der Waals surface area contributed by atoms with Crippen LogP contribution >= 0.6 is 0 Å². The smallest absolute Gasteiger partial charge is 0.280 e. The van der Waals surface area contributed by atoms with Crippen molar-refractivity contribution in [2.45, 2.75) is 0 Å². The molecule has 1 aromatic carbocycles. The number of anilines is 1. The second kappa shape index (κ2) is 5.00. The van der Waals surface area contributed by atoms with Gasteiger partial charge in [-0.2, -0.15) is 4.98 Å². The van der Waals surface area contributed by atoms with Gasteiger partial charge in [-0.1, -0.05) is 23.4 Å². The summed E-state index contributed by atoms with van der Waals surface area (Å²) >= 11 is 0. The minimum absolute atomic E-state index is 0.0922. The molecule has 0 saturated heterocycles. The SMILES string of the molecule is Nc1cccc(-c2nc(-c3ccccc3[N+](=O)[O-])no2)n1. The van der Waals surface area contributed by atoms with Gasteiger partial charge in [0.1, 0.15) is 17.1 Å². The fraction of sp³-hybridized carbons (Fsp3) is 0. The van der Waals surface area contributed by atoms with Crippen LogP contribution in [0, 0.1) is 10.1 Å². The number of hydrogen-bond donors (Lipinski definition) is 1. The zero-order valence-electron chi connectivity index (χ0n) is 10.6. The summed E-state index contributed by atoms with van der Waals surface area (Å²) < 4.78 is 5.09. The molecular weight excluding hydrogens is 274 g/mol. The maximum atomic E-state index is 11.0. The Morgan fingerprint density at radius 2 is 1.90 bits per heavy atom. The van der Waals surface area contributed by atoms with Crippen LogP contribution in [0.2, 0.25) is 0 Å². The van der Waals surface area contributed by atoms with E-state index in [2.05, 4.69) is 15.1 Å². The Morgan fingerprint density at radius 1 is 1.10 bits per heavy atom. The number of nitro groups is 1. The summed E-state index contributed by atoms with van der Waals surface area (Å²) in [5.41, 5.74) is 6.18. The maximum Gasteiger partial charge on any atom is 0.280 e. The van der Waals surface area contributed by atoms with Crippen molar-refractivity contribution in [2.75, 3.05) is 5.73 Å². The summed E-state index contributed by atoms with van der Waals surface area (Å²) in [7, 11) is 0. The molecule has 0 amide bonds. The summed E-state index contributed by atoms with van der Waals surface area (Å²) in [6.45, 7) is 0. The molecule has 0 radical (unpaired) electrons. The minimum atomic E-state index is -0.496. The van der Waals surface area contributed by atoms with Crippen molar-refractivity contribution < 1.29 is 9.45 Å². The number of aromatic nitrogens is 3. The highest BCUT2D eigenvalue weighted by molar-refractivity contribution is 5.68. The number of para-hydroxylation sites is 1. The maximum absolute atomic E-state index is 11.0. The summed E-state index contributed by atoms with van der Waals surface area (Å²) in [6, 6.07) is 11.2. The van der Waals surface area contributed by atoms with Gasteiger partial charge in [-0.15, -0.1) is 0 Å². The number of pyridine rings is 1. The van der Waals surface area contributed by atoms with Gasteiger partial charge >= 0.3 is 0 Å². The van der Waals surface area contributed by atoms with Gasteiger partial charge in [0, 0.05) is 6.07 Å². The lowest BCUT2D eigenvalue weighted by atomic mass is 10.2. The Morgan fingerprint density at radius 3 is 2.67 bits per heavy atom. The molecule has 8 heteroatoms. The highest BCUT2D eigenvalue weighted by Crippen LogP contribution is 2.28. The first-order valence-electron chi connectivity index (χ1n) is 5.95. The van der Waals surface area contributed by atoms with E-state index < -0.39 is 4.92 Å². The molecule has 0 aliphatic heterocycles. The Hall–Kier alpha value is -3.29. The van der Waals surface area contributed by atoms with Gasteiger partial charge in [-0.25, -0.2) is 4.98 Å². The lowest BCUT2D eigenvalue weighted by Gasteiger charge is -1.96. The number of nitrogens with two attached hydrogens (primary N) is 1. The number of nitro benzene ring substituents is 1. The fourth-order valence-electron chi connectivity index (χ4n) is 1.83. The second-order valence-corrected chi connectivity index (χ2v) is 4.15. The zero-order valence-corrected chi connectivity index (χ0v) is 10.6. The first-order chi connectivity index (χ1) is 10.1. The van der Waals surface area contributed by atoms with Crippen LogP contribution in [-0.4, -0.2) is 20.0 Å². The van der Waals surface area contributed by atoms with Gasteiger partial charge in [0.05, 0.1) is 4.92 Å². The van der Waals surface area contributed by atoms with Crippen LogP contribution in [0.25, 0.3) is 23.0 Å². The summed E-state index contributed by atoms with van der Waals surface area (Å²) in [5, 5.41) is 14.8. The third-order valence-corrected chi connectivity index (χ3v) is 2.76. The van der Waals surface area contributed by atoms with Crippen LogP contribution in [-0.2, 0) is 0 Å². The van der Waals surface area contributed by atoms with E-state index in [0.29, 0.717) is 11.5 Å². The molecule has 8 nitrogen and oxygen atoms in total. The van der Waals surface area contributed by atoms with E-state index in [-0.39, 0.29) is 23.0 Å². The topological polar surface area (TPSA) is 121 Å². The van der Waals surface area contributed by atoms with Gasteiger partial charge in [0.2, 0.25) is 5.82 Å². The van der Waals surface area contributed by atoms with Gasteiger partial charge in [0.25, 0.3) is 11.6 Å². The molecule has 0 atom stereocenters. The van der Waals surface area contributed by atoms with Crippen LogP contribution in [0.1, 0.15) is 0 Å². The largest absolute Gasteiger partial charge is 0.384 e. The van der Waals surface area contributed by atoms with Crippen LogP contribution in [0.5, 0.6) is 0 Å². The average Bonchev–Trinajstić information content (AvgIpc) is 2.97. The summed E-state index contributed by atoms with van der Waals surface area (Å²) in [4.78, 5) is 18.7. The van der Waals surface area contributed by atoms with Gasteiger partial charge in [-0.05, 0) is 18.2 Å². The molecule has 0 aliphatic rings. The molecule has 0 unspecified atom stereocenters. The minimum Gasteiger partial charge on any atom is -0.384 e. The fourth-order valence-corrected chi connectivity index (χ4v) is 1.83. The molecule has 0 bridgehead atoms. The number of rotatable bonds is 3. The van der Waals surface area contributed by atoms with E-state index in [1.807, 2.05) is 0 Å². The molecule has 2 aromatic heterocycles. The van der Waals surface area contributed by atoms with E-state index in [1.165, 1.54) is 6.07 Å². The van der Waals surface area contributed by atoms with Crippen LogP contribution in [0.15, 0.2) is 47.0 Å². The Balaban J connectivity index is 2.05. The molecule has 3 aromatic rings. The van der Waals surface area contributed by atoms with Crippen molar-refractivity contribution in [3.63, 3.8) is 0 Å². The average molecular weight is 283 g/mol. The highest BCUT2D eigenvalue weighted by Gasteiger charge is 2.20. The molecule has 0 aliphatic carbocycles. The Bertz CT molecular complexity index is 815. The lowest BCUT2D eigenvalue weighted by molar-refractivity contribution is -0.384. The molecular formula is C13H9N5O3. The first-order valence-corrected chi connectivity index (χ1v) is 5.95. The van der Waals surface area contributed by atoms with E-state index in [9.17, 15) is 10.1 Å². The van der Waals surface area contributed by atoms with Crippen LogP contribution in [0.3, 0.4) is 0 Å². The van der Waals surface area contributed by atoms with E-state index in [0.717, 1.165) is 0 Å². The molecule has 0 spiro atoms. The molecule has 2 heterocycles.